The summed E-state index contributed by atoms with van der Waals surface area (Å²) in [4.78, 5) is 16.7. The first-order valence-electron chi connectivity index (χ1n) is 6.94. The zero-order chi connectivity index (χ0) is 15.9. The van der Waals surface area contributed by atoms with Gasteiger partial charge in [0.15, 0.2) is 5.65 Å². The standard InChI is InChI=1S/C15H17N5O2/c1-9-7-13(22-19-9)17-14(21)10-5-6-12-16-11(15(2,3)4)8-20(12)18-10/h5-8H,1-4H3,(H,17,21). The van der Waals surface area contributed by atoms with E-state index in [1.165, 1.54) is 0 Å². The van der Waals surface area contributed by atoms with Crippen molar-refractivity contribution in [3.05, 3.63) is 41.5 Å². The Labute approximate surface area is 127 Å². The number of hydrogen-bond acceptors (Lipinski definition) is 5. The molecule has 0 unspecified atom stereocenters. The maximum Gasteiger partial charge on any atom is 0.278 e. The molecule has 0 saturated heterocycles. The normalized spacial score (nSPS) is 11.8. The molecular formula is C15H17N5O2. The second kappa shape index (κ2) is 4.94. The summed E-state index contributed by atoms with van der Waals surface area (Å²) in [7, 11) is 0. The van der Waals surface area contributed by atoms with Crippen molar-refractivity contribution >= 4 is 17.4 Å². The van der Waals surface area contributed by atoms with Gasteiger partial charge in [-0.05, 0) is 19.1 Å². The summed E-state index contributed by atoms with van der Waals surface area (Å²) < 4.78 is 6.58. The van der Waals surface area contributed by atoms with Gasteiger partial charge in [0, 0.05) is 11.5 Å². The minimum Gasteiger partial charge on any atom is -0.338 e. The van der Waals surface area contributed by atoms with Gasteiger partial charge < -0.3 is 4.52 Å². The lowest BCUT2D eigenvalue weighted by atomic mass is 9.93. The van der Waals surface area contributed by atoms with Crippen LogP contribution in [0.2, 0.25) is 0 Å². The van der Waals surface area contributed by atoms with Crippen LogP contribution in [0.5, 0.6) is 0 Å². The molecule has 0 aliphatic heterocycles. The van der Waals surface area contributed by atoms with Crippen molar-refractivity contribution in [2.24, 2.45) is 0 Å². The fourth-order valence-corrected chi connectivity index (χ4v) is 1.96. The maximum absolute atomic E-state index is 12.2. The molecule has 3 rings (SSSR count). The Morgan fingerprint density at radius 1 is 1.32 bits per heavy atom. The quantitative estimate of drug-likeness (QED) is 0.786. The van der Waals surface area contributed by atoms with Crippen molar-refractivity contribution in [3.8, 4) is 0 Å². The minimum absolute atomic E-state index is 0.0759. The topological polar surface area (TPSA) is 85.3 Å². The smallest absolute Gasteiger partial charge is 0.278 e. The minimum atomic E-state index is -0.357. The number of carbonyl (C=O) groups is 1. The molecule has 3 aromatic heterocycles. The van der Waals surface area contributed by atoms with Crippen molar-refractivity contribution in [2.75, 3.05) is 5.32 Å². The number of nitrogens with zero attached hydrogens (tertiary/aromatic N) is 4. The SMILES string of the molecule is Cc1cc(NC(=O)c2ccc3nc(C(C)(C)C)cn3n2)on1. The summed E-state index contributed by atoms with van der Waals surface area (Å²) in [6.45, 7) is 8.01. The van der Waals surface area contributed by atoms with Gasteiger partial charge in [-0.2, -0.15) is 5.10 Å². The summed E-state index contributed by atoms with van der Waals surface area (Å²) in [5.41, 5.74) is 2.52. The van der Waals surface area contributed by atoms with Gasteiger partial charge in [-0.15, -0.1) is 0 Å². The molecule has 0 fully saturated rings. The Kier molecular flexibility index (Phi) is 3.20. The van der Waals surface area contributed by atoms with E-state index < -0.39 is 0 Å². The molecule has 3 heterocycles. The van der Waals surface area contributed by atoms with Crippen LogP contribution < -0.4 is 5.32 Å². The van der Waals surface area contributed by atoms with Crippen LogP contribution in [0, 0.1) is 6.92 Å². The van der Waals surface area contributed by atoms with E-state index in [-0.39, 0.29) is 17.0 Å². The number of nitrogens with one attached hydrogen (secondary N) is 1. The number of imidazole rings is 1. The predicted molar refractivity (Wildman–Crippen MR) is 80.9 cm³/mol. The van der Waals surface area contributed by atoms with Crippen LogP contribution in [0.15, 0.2) is 28.9 Å². The van der Waals surface area contributed by atoms with Gasteiger partial charge in [0.1, 0.15) is 5.69 Å². The number of hydrogen-bond donors (Lipinski definition) is 1. The highest BCUT2D eigenvalue weighted by atomic mass is 16.5. The molecule has 7 heteroatoms. The zero-order valence-corrected chi connectivity index (χ0v) is 12.9. The van der Waals surface area contributed by atoms with Gasteiger partial charge in [0.05, 0.1) is 17.6 Å². The average molecular weight is 299 g/mol. The molecule has 0 saturated carbocycles. The second-order valence-corrected chi connectivity index (χ2v) is 6.18. The molecule has 0 aliphatic rings. The van der Waals surface area contributed by atoms with Gasteiger partial charge in [-0.1, -0.05) is 25.9 Å². The zero-order valence-electron chi connectivity index (χ0n) is 12.9. The number of anilines is 1. The fraction of sp³-hybridized carbons (Fsp3) is 0.333. The van der Waals surface area contributed by atoms with E-state index in [1.54, 1.807) is 29.6 Å². The van der Waals surface area contributed by atoms with Gasteiger partial charge in [-0.25, -0.2) is 9.50 Å². The number of rotatable bonds is 2. The Morgan fingerprint density at radius 3 is 2.73 bits per heavy atom. The van der Waals surface area contributed by atoms with E-state index in [9.17, 15) is 4.79 Å². The van der Waals surface area contributed by atoms with E-state index in [2.05, 4.69) is 41.3 Å². The first-order valence-corrected chi connectivity index (χ1v) is 6.94. The second-order valence-electron chi connectivity index (χ2n) is 6.18. The van der Waals surface area contributed by atoms with E-state index in [0.29, 0.717) is 17.2 Å². The Hall–Kier alpha value is -2.70. The molecule has 22 heavy (non-hydrogen) atoms. The molecule has 0 atom stereocenters. The van der Waals surface area contributed by atoms with Crippen LogP contribution in [0.4, 0.5) is 5.88 Å². The lowest BCUT2D eigenvalue weighted by Crippen LogP contribution is -2.14. The van der Waals surface area contributed by atoms with E-state index in [1.807, 2.05) is 6.20 Å². The van der Waals surface area contributed by atoms with Gasteiger partial charge in [0.25, 0.3) is 5.91 Å². The van der Waals surface area contributed by atoms with Crippen LogP contribution in [-0.2, 0) is 5.41 Å². The van der Waals surface area contributed by atoms with Crippen LogP contribution in [-0.4, -0.2) is 25.7 Å². The van der Waals surface area contributed by atoms with Crippen molar-refractivity contribution in [1.82, 2.24) is 19.8 Å². The van der Waals surface area contributed by atoms with E-state index in [0.717, 1.165) is 5.69 Å². The number of fused-ring (bicyclic) bond motifs is 1. The van der Waals surface area contributed by atoms with E-state index >= 15 is 0 Å². The Morgan fingerprint density at radius 2 is 2.09 bits per heavy atom. The highest BCUT2D eigenvalue weighted by Gasteiger charge is 2.19. The summed E-state index contributed by atoms with van der Waals surface area (Å²) >= 11 is 0. The number of aromatic nitrogens is 4. The largest absolute Gasteiger partial charge is 0.338 e. The number of amides is 1. The summed E-state index contributed by atoms with van der Waals surface area (Å²) in [6.07, 6.45) is 1.84. The lowest BCUT2D eigenvalue weighted by molar-refractivity contribution is 0.101. The maximum atomic E-state index is 12.2. The third-order valence-corrected chi connectivity index (χ3v) is 3.19. The Balaban J connectivity index is 1.89. The predicted octanol–water partition coefficient (Wildman–Crippen LogP) is 2.58. The van der Waals surface area contributed by atoms with Crippen LogP contribution in [0.3, 0.4) is 0 Å². The first-order chi connectivity index (χ1) is 10.3. The molecule has 3 aromatic rings. The van der Waals surface area contributed by atoms with Gasteiger partial charge in [-0.3, -0.25) is 10.1 Å². The van der Waals surface area contributed by atoms with Crippen LogP contribution in [0.25, 0.3) is 5.65 Å². The molecule has 1 amide bonds. The average Bonchev–Trinajstić information content (AvgIpc) is 3.03. The molecule has 1 N–H and O–H groups in total. The summed E-state index contributed by atoms with van der Waals surface area (Å²) in [5.74, 6) is -0.0607. The van der Waals surface area contributed by atoms with Gasteiger partial charge in [0.2, 0.25) is 5.88 Å². The molecule has 0 bridgehead atoms. The monoisotopic (exact) mass is 299 g/mol. The molecule has 7 nitrogen and oxygen atoms in total. The molecular weight excluding hydrogens is 282 g/mol. The summed E-state index contributed by atoms with van der Waals surface area (Å²) in [6, 6.07) is 5.04. The number of carbonyl (C=O) groups excluding carboxylic acids is 1. The van der Waals surface area contributed by atoms with Crippen molar-refractivity contribution in [3.63, 3.8) is 0 Å². The van der Waals surface area contributed by atoms with Crippen molar-refractivity contribution < 1.29 is 9.32 Å². The fourth-order valence-electron chi connectivity index (χ4n) is 1.96. The molecule has 114 valence electrons. The molecule has 0 aliphatic carbocycles. The molecule has 0 spiro atoms. The molecule has 0 aromatic carbocycles. The summed E-state index contributed by atoms with van der Waals surface area (Å²) in [5, 5.41) is 10.6. The first kappa shape index (κ1) is 14.2. The third kappa shape index (κ3) is 2.69. The third-order valence-electron chi connectivity index (χ3n) is 3.19. The van der Waals surface area contributed by atoms with E-state index in [4.69, 9.17) is 4.52 Å². The number of aryl methyl sites for hydroxylation is 1. The highest BCUT2D eigenvalue weighted by Crippen LogP contribution is 2.21. The highest BCUT2D eigenvalue weighted by molar-refractivity contribution is 6.02. The van der Waals surface area contributed by atoms with Crippen molar-refractivity contribution in [1.29, 1.82) is 0 Å². The molecule has 0 radical (unpaired) electrons. The van der Waals surface area contributed by atoms with Crippen LogP contribution in [0.1, 0.15) is 42.6 Å². The Bertz CT molecular complexity index is 841. The van der Waals surface area contributed by atoms with Crippen molar-refractivity contribution in [2.45, 2.75) is 33.1 Å². The lowest BCUT2D eigenvalue weighted by Gasteiger charge is -2.13. The van der Waals surface area contributed by atoms with Crippen LogP contribution >= 0.6 is 0 Å². The van der Waals surface area contributed by atoms with Gasteiger partial charge >= 0.3 is 0 Å².